The van der Waals surface area contributed by atoms with E-state index in [1.54, 1.807) is 0 Å². The van der Waals surface area contributed by atoms with Crippen LogP contribution in [0.3, 0.4) is 0 Å². The average molecular weight is 411 g/mol. The SMILES string of the molecule is CCCCCCCCOC(OCC)(OCC)C(OCC)(OCC)c1ccccc1. The lowest BCUT2D eigenvalue weighted by atomic mass is 10.0. The summed E-state index contributed by atoms with van der Waals surface area (Å²) in [4.78, 5) is 0. The highest BCUT2D eigenvalue weighted by atomic mass is 16.9. The zero-order valence-corrected chi connectivity index (χ0v) is 19.2. The maximum absolute atomic E-state index is 6.35. The fourth-order valence-corrected chi connectivity index (χ4v) is 3.50. The Morgan fingerprint density at radius 1 is 0.586 bits per heavy atom. The third-order valence-corrected chi connectivity index (χ3v) is 4.71. The van der Waals surface area contributed by atoms with E-state index in [1.807, 2.05) is 58.0 Å². The van der Waals surface area contributed by atoms with Crippen LogP contribution in [-0.2, 0) is 29.5 Å². The average Bonchev–Trinajstić information content (AvgIpc) is 2.73. The molecule has 0 atom stereocenters. The zero-order chi connectivity index (χ0) is 21.4. The quantitative estimate of drug-likeness (QED) is 0.219. The van der Waals surface area contributed by atoms with E-state index in [9.17, 15) is 0 Å². The van der Waals surface area contributed by atoms with Gasteiger partial charge in [0, 0.05) is 32.0 Å². The van der Waals surface area contributed by atoms with Gasteiger partial charge in [0.2, 0.25) is 0 Å². The standard InChI is InChI=1S/C24H42O5/c1-6-11-12-13-14-18-21-29-24(27-9-4,28-10-5)23(25-7-2,26-8-3)22-19-16-15-17-20-22/h15-17,19-20H,6-14,18,21H2,1-5H3. The molecule has 0 saturated heterocycles. The lowest BCUT2D eigenvalue weighted by molar-refractivity contribution is -0.504. The first-order valence-electron chi connectivity index (χ1n) is 11.4. The minimum atomic E-state index is -1.48. The summed E-state index contributed by atoms with van der Waals surface area (Å²) in [7, 11) is 0. The van der Waals surface area contributed by atoms with Crippen molar-refractivity contribution < 1.29 is 23.7 Å². The summed E-state index contributed by atoms with van der Waals surface area (Å²) in [5.41, 5.74) is 0.813. The Bertz CT molecular complexity index is 493. The third-order valence-electron chi connectivity index (χ3n) is 4.71. The van der Waals surface area contributed by atoms with Crippen molar-refractivity contribution >= 4 is 0 Å². The van der Waals surface area contributed by atoms with Crippen LogP contribution in [0.5, 0.6) is 0 Å². The molecule has 0 saturated carbocycles. The number of ether oxygens (including phenoxy) is 5. The molecule has 1 aromatic rings. The van der Waals surface area contributed by atoms with Gasteiger partial charge in [-0.2, -0.15) is 0 Å². The van der Waals surface area contributed by atoms with E-state index in [4.69, 9.17) is 23.7 Å². The van der Waals surface area contributed by atoms with Crippen molar-refractivity contribution in [2.75, 3.05) is 33.0 Å². The van der Waals surface area contributed by atoms with Crippen molar-refractivity contribution in [3.8, 4) is 0 Å². The summed E-state index contributed by atoms with van der Waals surface area (Å²) in [5.74, 6) is -2.79. The van der Waals surface area contributed by atoms with Crippen molar-refractivity contribution in [2.24, 2.45) is 0 Å². The molecule has 0 aromatic heterocycles. The third kappa shape index (κ3) is 7.34. The molecule has 0 aliphatic rings. The molecule has 0 amide bonds. The Hall–Kier alpha value is -0.980. The highest BCUT2D eigenvalue weighted by Crippen LogP contribution is 2.43. The highest BCUT2D eigenvalue weighted by Gasteiger charge is 2.59. The van der Waals surface area contributed by atoms with Crippen LogP contribution in [0.4, 0.5) is 0 Å². The van der Waals surface area contributed by atoms with Gasteiger partial charge in [-0.15, -0.1) is 0 Å². The fraction of sp³-hybridized carbons (Fsp3) is 0.750. The van der Waals surface area contributed by atoms with Crippen LogP contribution in [0.2, 0.25) is 0 Å². The largest absolute Gasteiger partial charge is 0.345 e. The summed E-state index contributed by atoms with van der Waals surface area (Å²) >= 11 is 0. The molecule has 0 spiro atoms. The van der Waals surface area contributed by atoms with E-state index >= 15 is 0 Å². The molecule has 0 aliphatic heterocycles. The van der Waals surface area contributed by atoms with Crippen molar-refractivity contribution in [2.45, 2.75) is 84.9 Å². The molecule has 0 aliphatic carbocycles. The summed E-state index contributed by atoms with van der Waals surface area (Å²) in [6.07, 6.45) is 7.08. The number of hydrogen-bond donors (Lipinski definition) is 0. The maximum atomic E-state index is 6.35. The topological polar surface area (TPSA) is 46.2 Å². The van der Waals surface area contributed by atoms with Crippen LogP contribution < -0.4 is 0 Å². The van der Waals surface area contributed by atoms with Crippen molar-refractivity contribution in [3.05, 3.63) is 35.9 Å². The van der Waals surface area contributed by atoms with Crippen LogP contribution in [0, 0.1) is 0 Å². The molecule has 0 radical (unpaired) electrons. The minimum Gasteiger partial charge on any atom is -0.340 e. The second kappa shape index (κ2) is 14.9. The molecule has 5 heteroatoms. The smallest absolute Gasteiger partial charge is 0.340 e. The Morgan fingerprint density at radius 2 is 1.10 bits per heavy atom. The van der Waals surface area contributed by atoms with Gasteiger partial charge in [-0.3, -0.25) is 0 Å². The Labute approximate surface area is 178 Å². The van der Waals surface area contributed by atoms with E-state index < -0.39 is 11.8 Å². The molecule has 1 rings (SSSR count). The van der Waals surface area contributed by atoms with Gasteiger partial charge in [-0.05, 0) is 34.1 Å². The Kier molecular flexibility index (Phi) is 13.4. The van der Waals surface area contributed by atoms with Gasteiger partial charge in [-0.1, -0.05) is 69.4 Å². The van der Waals surface area contributed by atoms with Crippen molar-refractivity contribution in [1.29, 1.82) is 0 Å². The summed E-state index contributed by atoms with van der Waals surface area (Å²) in [5, 5.41) is 0. The lowest BCUT2D eigenvalue weighted by Gasteiger charge is -2.47. The van der Waals surface area contributed by atoms with Crippen molar-refractivity contribution in [1.82, 2.24) is 0 Å². The molecule has 0 bridgehead atoms. The number of benzene rings is 1. The Balaban J connectivity index is 3.15. The minimum absolute atomic E-state index is 0.408. The molecule has 0 unspecified atom stereocenters. The summed E-state index contributed by atoms with van der Waals surface area (Å²) in [6, 6.07) is 9.81. The van der Waals surface area contributed by atoms with Gasteiger partial charge in [0.05, 0.1) is 6.61 Å². The first-order valence-corrected chi connectivity index (χ1v) is 11.4. The van der Waals surface area contributed by atoms with Gasteiger partial charge in [0.25, 0.3) is 5.79 Å². The maximum Gasteiger partial charge on any atom is 0.345 e. The highest BCUT2D eigenvalue weighted by molar-refractivity contribution is 5.22. The monoisotopic (exact) mass is 410 g/mol. The second-order valence-electron chi connectivity index (χ2n) is 6.89. The first kappa shape index (κ1) is 26.1. The van der Waals surface area contributed by atoms with Crippen LogP contribution in [0.25, 0.3) is 0 Å². The van der Waals surface area contributed by atoms with Crippen LogP contribution >= 0.6 is 0 Å². The Morgan fingerprint density at radius 3 is 1.62 bits per heavy atom. The normalized spacial score (nSPS) is 12.4. The van der Waals surface area contributed by atoms with Gasteiger partial charge >= 0.3 is 5.97 Å². The van der Waals surface area contributed by atoms with Crippen molar-refractivity contribution in [3.63, 3.8) is 0 Å². The van der Waals surface area contributed by atoms with E-state index in [-0.39, 0.29) is 0 Å². The van der Waals surface area contributed by atoms with Crippen LogP contribution in [0.1, 0.15) is 78.7 Å². The molecule has 0 N–H and O–H groups in total. The van der Waals surface area contributed by atoms with Gasteiger partial charge in [0.1, 0.15) is 0 Å². The first-order chi connectivity index (χ1) is 14.2. The number of unbranched alkanes of at least 4 members (excludes halogenated alkanes) is 5. The van der Waals surface area contributed by atoms with E-state index in [1.165, 1.54) is 25.7 Å². The summed E-state index contributed by atoms with van der Waals surface area (Å²) < 4.78 is 31.1. The number of rotatable bonds is 18. The number of hydrogen-bond acceptors (Lipinski definition) is 5. The van der Waals surface area contributed by atoms with E-state index in [2.05, 4.69) is 6.92 Å². The van der Waals surface area contributed by atoms with E-state index in [0.29, 0.717) is 33.0 Å². The molecule has 0 fully saturated rings. The molecule has 29 heavy (non-hydrogen) atoms. The molecular weight excluding hydrogens is 368 g/mol. The summed E-state index contributed by atoms with van der Waals surface area (Å²) in [6.45, 7) is 12.1. The zero-order valence-electron chi connectivity index (χ0n) is 19.2. The molecule has 168 valence electrons. The van der Waals surface area contributed by atoms with Gasteiger partial charge < -0.3 is 23.7 Å². The van der Waals surface area contributed by atoms with Gasteiger partial charge in [0.15, 0.2) is 0 Å². The molecule has 1 aromatic carbocycles. The lowest BCUT2D eigenvalue weighted by Crippen LogP contribution is -2.60. The van der Waals surface area contributed by atoms with Crippen LogP contribution in [-0.4, -0.2) is 39.0 Å². The van der Waals surface area contributed by atoms with Gasteiger partial charge in [-0.25, -0.2) is 0 Å². The molecular formula is C24H42O5. The second-order valence-corrected chi connectivity index (χ2v) is 6.89. The van der Waals surface area contributed by atoms with Crippen LogP contribution in [0.15, 0.2) is 30.3 Å². The molecule has 0 heterocycles. The molecule has 5 nitrogen and oxygen atoms in total. The fourth-order valence-electron chi connectivity index (χ4n) is 3.50. The predicted molar refractivity (Wildman–Crippen MR) is 117 cm³/mol. The van der Waals surface area contributed by atoms with E-state index in [0.717, 1.165) is 18.4 Å². The predicted octanol–water partition coefficient (Wildman–Crippen LogP) is 6.02.